The van der Waals surface area contributed by atoms with E-state index in [0.29, 0.717) is 36.4 Å². The van der Waals surface area contributed by atoms with E-state index in [0.717, 1.165) is 6.29 Å². The van der Waals surface area contributed by atoms with Gasteiger partial charge in [0, 0.05) is 170 Å². The number of nitrogens with one attached hydrogen (secondary N) is 15. The lowest BCUT2D eigenvalue weighted by molar-refractivity contribution is -0.126. The van der Waals surface area contributed by atoms with Crippen molar-refractivity contribution in [1.82, 2.24) is 53.2 Å². The summed E-state index contributed by atoms with van der Waals surface area (Å²) in [7, 11) is 19.4. The minimum atomic E-state index is -0.187. The predicted molar refractivity (Wildman–Crippen MR) is 501 cm³/mol. The van der Waals surface area contributed by atoms with Gasteiger partial charge in [-0.15, -0.1) is 0 Å². The molecule has 0 spiro atoms. The molecule has 38 heteroatoms. The molecule has 119 heavy (non-hydrogen) atoms. The van der Waals surface area contributed by atoms with Gasteiger partial charge in [-0.05, 0) is 192 Å². The number of carbonyl (C=O) groups is 19. The number of ether oxygens (including phenoxy) is 1. The Morgan fingerprint density at radius 1 is 0.277 bits per heavy atom. The molecule has 0 aliphatic heterocycles. The molecule has 0 aromatic rings. The van der Waals surface area contributed by atoms with Gasteiger partial charge in [-0.1, -0.05) is 41.5 Å². The van der Waals surface area contributed by atoms with Crippen LogP contribution in [0.5, 0.6) is 0 Å². The fourth-order valence-electron chi connectivity index (χ4n) is 0.705. The smallest absolute Gasteiger partial charge is 0.292 e. The zero-order valence-corrected chi connectivity index (χ0v) is 84.3. The van der Waals surface area contributed by atoms with E-state index in [1.165, 1.54) is 173 Å². The van der Waals surface area contributed by atoms with Crippen LogP contribution in [0.15, 0.2) is 15.0 Å². The monoisotopic (exact) mass is 1730 g/mol. The summed E-state index contributed by atoms with van der Waals surface area (Å²) in [4.78, 5) is 193. The molecule has 0 aromatic heterocycles. The van der Waals surface area contributed by atoms with E-state index in [1.54, 1.807) is 145 Å². The Hall–Kier alpha value is -11.1. The molecule has 0 aliphatic rings. The topological polar surface area (TPSA) is 610 Å². The van der Waals surface area contributed by atoms with E-state index in [4.69, 9.17) is 36.6 Å². The van der Waals surface area contributed by atoms with Crippen molar-refractivity contribution in [3.05, 3.63) is 0 Å². The van der Waals surface area contributed by atoms with Gasteiger partial charge in [-0.2, -0.15) is 0 Å². The summed E-state index contributed by atoms with van der Waals surface area (Å²) in [6.45, 7) is 65.7. The van der Waals surface area contributed by atoms with Crippen molar-refractivity contribution >= 4 is 160 Å². The minimum Gasteiger partial charge on any atom is -0.471 e. The lowest BCUT2D eigenvalue weighted by Crippen LogP contribution is -2.24. The van der Waals surface area contributed by atoms with E-state index in [1.807, 2.05) is 62.3 Å². The Bertz CT molecular complexity index is 2020. The van der Waals surface area contributed by atoms with Gasteiger partial charge < -0.3 is 127 Å². The summed E-state index contributed by atoms with van der Waals surface area (Å²) in [5, 5.41) is 56.6. The number of hydrogen-bond donors (Lipinski definition) is 15. The Kier molecular flexibility index (Phi) is 329. The number of amidine groups is 2. The van der Waals surface area contributed by atoms with Crippen LogP contribution in [0.3, 0.4) is 0 Å². The molecule has 0 bridgehead atoms. The van der Waals surface area contributed by atoms with Crippen LogP contribution in [0.4, 0.5) is 0 Å². The Labute approximate surface area is 722 Å². The fraction of sp³-hybridized carbons (Fsp3) is 0.667. The van der Waals surface area contributed by atoms with Crippen LogP contribution in [0.2, 0.25) is 0 Å². The molecule has 714 valence electrons. The van der Waals surface area contributed by atoms with Gasteiger partial charge in [0.05, 0.1) is 18.8 Å². The van der Waals surface area contributed by atoms with Crippen molar-refractivity contribution in [2.75, 3.05) is 84.6 Å². The fourth-order valence-corrected chi connectivity index (χ4v) is 0.705. The summed E-state index contributed by atoms with van der Waals surface area (Å²) < 4.78 is 3.86. The Morgan fingerprint density at radius 3 is 0.361 bits per heavy atom. The van der Waals surface area contributed by atoms with Gasteiger partial charge >= 0.3 is 0 Å². The lowest BCUT2D eigenvalue weighted by Gasteiger charge is -1.92. The number of rotatable bonds is 3. The minimum absolute atomic E-state index is 0.00463. The van der Waals surface area contributed by atoms with Crippen molar-refractivity contribution in [3.8, 4) is 0 Å². The first-order valence-electron chi connectivity index (χ1n) is 36.4. The van der Waals surface area contributed by atoms with E-state index >= 15 is 0 Å². The Morgan fingerprint density at radius 2 is 0.361 bits per heavy atom. The molecule has 0 fully saturated rings. The van der Waals surface area contributed by atoms with Crippen molar-refractivity contribution in [2.24, 2.45) is 15.0 Å². The van der Waals surface area contributed by atoms with Gasteiger partial charge in [-0.3, -0.25) is 63.6 Å². The number of Topliss-reactive ketones (excluding diaryl/α,β-unsaturated/α-hetero) is 7. The van der Waals surface area contributed by atoms with Gasteiger partial charge in [0.25, 0.3) is 6.47 Å². The van der Waals surface area contributed by atoms with Crippen LogP contribution < -0.4 is 53.2 Å². The summed E-state index contributed by atoms with van der Waals surface area (Å²) in [5.41, 5.74) is 2.00. The molecule has 15 N–H and O–H groups in total. The molecular weight excluding hydrogens is 1540 g/mol. The average molecular weight is 1730 g/mol. The highest BCUT2D eigenvalue weighted by Crippen LogP contribution is 1.72. The predicted octanol–water partition coefficient (Wildman–Crippen LogP) is 10.5. The van der Waals surface area contributed by atoms with E-state index < -0.39 is 0 Å². The SMILES string of the molecule is CC.CC.CC(=N)NC(C)=O.CC(=N)NC(C)=O.CC(C)=N.CC(C)=N.CC(C)=N.CC(C)=O.CC(C)=O.CC(C)=O.CC(C)=O.CC(C)=O.CC(C)=O.CC=NC.CC=NC.CC=NC.CC=O.CCC(=O)NC.CCC(C)=O.CNC(C)=O.CNC(C)=O.CNC(C)=O.CNC(C)=O.CNC(C)=O.CNC(C)=O.CNC(C)=O.COC=O. The highest BCUT2D eigenvalue weighted by atomic mass is 16.5. The van der Waals surface area contributed by atoms with Gasteiger partial charge in [0.15, 0.2) is 0 Å². The van der Waals surface area contributed by atoms with Gasteiger partial charge in [-0.25, -0.2) is 0 Å². The largest absolute Gasteiger partial charge is 0.471 e. The van der Waals surface area contributed by atoms with Crippen molar-refractivity contribution in [3.63, 3.8) is 0 Å². The second-order valence-electron chi connectivity index (χ2n) is 20.9. The zero-order chi connectivity index (χ0) is 104. The third-order valence-corrected chi connectivity index (χ3v) is 5.16. The maximum atomic E-state index is 10.1. The summed E-state index contributed by atoms with van der Waals surface area (Å²) in [5.74, 6) is 1.38. The number of aldehydes is 1. The highest BCUT2D eigenvalue weighted by Gasteiger charge is 1.88. The highest BCUT2D eigenvalue weighted by molar-refractivity contribution is 5.94. The normalized spacial score (nSPS) is 6.92. The molecule has 0 saturated carbocycles. The molecule has 0 heterocycles. The first-order valence-corrected chi connectivity index (χ1v) is 36.4. The van der Waals surface area contributed by atoms with Crippen LogP contribution >= 0.6 is 0 Å². The van der Waals surface area contributed by atoms with Crippen LogP contribution in [-0.2, 0) is 95.8 Å². The summed E-state index contributed by atoms with van der Waals surface area (Å²) in [6.07, 6.45) is 7.25. The number of ketones is 7. The molecule has 0 saturated heterocycles. The standard InChI is InChI=1S/2C4H8N2O.C4H9NO.C4H8O.7C3H7NO.6C3H7N.6C3H6O.C2H4O2.C2H4O.2C2H6/c2*1-3(5)6-4(2)7;1-3-4(6)5-2;1-3-4(2)5;7*1-3(5)4-2;3*1-3-4-2;9*1-3(2)4;1-4-2-3;1-2-3;2*1-2/h2*1-2H3,(H2,5,6,7);3H2,1-2H3,(H,5,6);3H2,1-2H3;7*1-2H3,(H,4,5);3*3H,1-2H3;3*4H,1-2H3;6*1-2H3;2H,1H3;2H,1H3;2*1-2H3. The maximum Gasteiger partial charge on any atom is 0.292 e. The number of carbonyl (C=O) groups excluding carboxylic acids is 19. The average Bonchev–Trinajstić information content (AvgIpc) is 1.09. The zero-order valence-electron chi connectivity index (χ0n) is 84.3. The second-order valence-corrected chi connectivity index (χ2v) is 20.9. The number of hydrogen-bond acceptors (Lipinski definition) is 28. The first-order chi connectivity index (χ1) is 53.9. The van der Waals surface area contributed by atoms with Crippen LogP contribution in [-0.4, -0.2) is 244 Å². The van der Waals surface area contributed by atoms with Crippen molar-refractivity contribution in [1.29, 1.82) is 27.0 Å². The molecule has 0 rings (SSSR count). The number of methoxy groups -OCH3 is 1. The van der Waals surface area contributed by atoms with E-state index in [-0.39, 0.29) is 111 Å². The molecule has 10 amide bonds. The number of nitrogens with zero attached hydrogens (tertiary/aromatic N) is 3. The van der Waals surface area contributed by atoms with Crippen LogP contribution in [0, 0.1) is 27.0 Å². The van der Waals surface area contributed by atoms with Crippen molar-refractivity contribution in [2.45, 2.75) is 290 Å². The van der Waals surface area contributed by atoms with E-state index in [9.17, 15) is 81.5 Å². The number of aliphatic imine (C=N–C) groups is 3. The van der Waals surface area contributed by atoms with Crippen LogP contribution in [0.1, 0.15) is 290 Å². The molecule has 0 aromatic carbocycles. The first kappa shape index (κ1) is 188. The summed E-state index contributed by atoms with van der Waals surface area (Å²) in [6, 6.07) is 0. The van der Waals surface area contributed by atoms with Crippen LogP contribution in [0.25, 0.3) is 0 Å². The van der Waals surface area contributed by atoms with E-state index in [2.05, 4.69) is 72.9 Å². The summed E-state index contributed by atoms with van der Waals surface area (Å²) >= 11 is 0. The second kappa shape index (κ2) is 208. The molecule has 38 nitrogen and oxygen atoms in total. The maximum absolute atomic E-state index is 10.1. The van der Waals surface area contributed by atoms with Gasteiger partial charge in [0.1, 0.15) is 46.8 Å². The third kappa shape index (κ3) is 2690. The quantitative estimate of drug-likeness (QED) is 0.0709. The van der Waals surface area contributed by atoms with Crippen molar-refractivity contribution < 1.29 is 95.8 Å². The lowest BCUT2D eigenvalue weighted by atomic mass is 10.4. The van der Waals surface area contributed by atoms with Gasteiger partial charge in [0.2, 0.25) is 59.1 Å². The molecule has 0 atom stereocenters. The molecule has 0 radical (unpaired) electrons. The molecule has 0 unspecified atom stereocenters. The molecular formula is C81H180N18O20. The Balaban J connectivity index is -0.0000000296. The molecule has 0 aliphatic carbocycles. The number of amides is 10. The third-order valence-electron chi connectivity index (χ3n) is 5.16.